The van der Waals surface area contributed by atoms with Crippen LogP contribution in [0.2, 0.25) is 0 Å². The van der Waals surface area contributed by atoms with Gasteiger partial charge in [-0.05, 0) is 28.8 Å². The topological polar surface area (TPSA) is 78.5 Å². The van der Waals surface area contributed by atoms with E-state index in [0.717, 1.165) is 28.6 Å². The van der Waals surface area contributed by atoms with Crippen LogP contribution in [-0.2, 0) is 17.7 Å². The fourth-order valence-electron chi connectivity index (χ4n) is 3.21. The third-order valence-electron chi connectivity index (χ3n) is 4.25. The van der Waals surface area contributed by atoms with E-state index >= 15 is 0 Å². The van der Waals surface area contributed by atoms with Gasteiger partial charge in [0.2, 0.25) is 0 Å². The predicted octanol–water partition coefficient (Wildman–Crippen LogP) is 2.51. The van der Waals surface area contributed by atoms with Crippen molar-refractivity contribution < 1.29 is 14.6 Å². The van der Waals surface area contributed by atoms with Gasteiger partial charge in [-0.1, -0.05) is 0 Å². The Morgan fingerprint density at radius 1 is 1.43 bits per heavy atom. The monoisotopic (exact) mass is 353 g/mol. The second kappa shape index (κ2) is 5.70. The molecule has 2 aliphatic rings. The van der Waals surface area contributed by atoms with Gasteiger partial charge in [-0.15, -0.1) is 0 Å². The molecule has 1 N–H and O–H groups in total. The normalized spacial score (nSPS) is 19.1. The minimum absolute atomic E-state index is 0.268. The number of nitriles is 1. The standard InChI is InChI=1S/C14H16BrN3O3/c15-13-10-8-17(14(19)20)4-1-11(10)18(12(13)7-16)9-2-5-21-6-3-9/h9H,1-6,8H2,(H,19,20). The number of aromatic nitrogens is 1. The van der Waals surface area contributed by atoms with Gasteiger partial charge in [0.1, 0.15) is 11.8 Å². The minimum atomic E-state index is -0.912. The molecule has 1 amide bonds. The highest BCUT2D eigenvalue weighted by molar-refractivity contribution is 9.10. The lowest BCUT2D eigenvalue weighted by molar-refractivity contribution is 0.0683. The summed E-state index contributed by atoms with van der Waals surface area (Å²) in [6, 6.07) is 2.54. The van der Waals surface area contributed by atoms with Gasteiger partial charge in [0.25, 0.3) is 0 Å². The Bertz CT molecular complexity index is 614. The second-order valence-corrected chi connectivity index (χ2v) is 6.16. The summed E-state index contributed by atoms with van der Waals surface area (Å²) in [5.74, 6) is 0. The third kappa shape index (κ3) is 2.43. The van der Waals surface area contributed by atoms with Gasteiger partial charge in [-0.2, -0.15) is 5.26 Å². The molecule has 7 heteroatoms. The fourth-order valence-corrected chi connectivity index (χ4v) is 3.84. The van der Waals surface area contributed by atoms with Crippen LogP contribution in [0, 0.1) is 11.3 Å². The van der Waals surface area contributed by atoms with Crippen molar-refractivity contribution in [3.63, 3.8) is 0 Å². The molecule has 21 heavy (non-hydrogen) atoms. The molecule has 2 aliphatic heterocycles. The van der Waals surface area contributed by atoms with E-state index in [1.807, 2.05) is 0 Å². The first kappa shape index (κ1) is 14.4. The number of halogens is 1. The van der Waals surface area contributed by atoms with Gasteiger partial charge >= 0.3 is 6.09 Å². The zero-order chi connectivity index (χ0) is 15.0. The number of rotatable bonds is 1. The molecule has 6 nitrogen and oxygen atoms in total. The summed E-state index contributed by atoms with van der Waals surface area (Å²) >= 11 is 3.50. The maximum atomic E-state index is 11.2. The van der Waals surface area contributed by atoms with Crippen molar-refractivity contribution in [2.24, 2.45) is 0 Å². The molecule has 3 rings (SSSR count). The molecule has 1 saturated heterocycles. The van der Waals surface area contributed by atoms with Crippen LogP contribution in [-0.4, -0.2) is 40.4 Å². The number of carboxylic acid groups (broad SMARTS) is 1. The number of carbonyl (C=O) groups is 1. The molecule has 0 bridgehead atoms. The molecule has 0 saturated carbocycles. The van der Waals surface area contributed by atoms with E-state index in [1.54, 1.807) is 0 Å². The average molecular weight is 354 g/mol. The summed E-state index contributed by atoms with van der Waals surface area (Å²) in [5, 5.41) is 18.7. The minimum Gasteiger partial charge on any atom is -0.465 e. The van der Waals surface area contributed by atoms with Crippen molar-refractivity contribution in [2.45, 2.75) is 31.8 Å². The van der Waals surface area contributed by atoms with Crippen molar-refractivity contribution in [1.29, 1.82) is 5.26 Å². The SMILES string of the molecule is N#Cc1c(Br)c2c(n1C1CCOCC1)CCN(C(=O)O)C2. The van der Waals surface area contributed by atoms with E-state index in [4.69, 9.17) is 9.84 Å². The maximum Gasteiger partial charge on any atom is 0.407 e. The van der Waals surface area contributed by atoms with Crippen molar-refractivity contribution in [3.05, 3.63) is 21.4 Å². The van der Waals surface area contributed by atoms with Gasteiger partial charge in [-0.25, -0.2) is 4.79 Å². The van der Waals surface area contributed by atoms with Crippen LogP contribution in [0.5, 0.6) is 0 Å². The number of amides is 1. The zero-order valence-corrected chi connectivity index (χ0v) is 13.1. The number of hydrogen-bond acceptors (Lipinski definition) is 3. The lowest BCUT2D eigenvalue weighted by Gasteiger charge is -2.30. The van der Waals surface area contributed by atoms with E-state index in [-0.39, 0.29) is 6.04 Å². The Kier molecular flexibility index (Phi) is 3.91. The van der Waals surface area contributed by atoms with Crippen molar-refractivity contribution in [3.8, 4) is 6.07 Å². The number of nitrogens with zero attached hydrogens (tertiary/aromatic N) is 3. The zero-order valence-electron chi connectivity index (χ0n) is 11.5. The van der Waals surface area contributed by atoms with Crippen LogP contribution in [0.1, 0.15) is 35.8 Å². The molecule has 0 spiro atoms. The molecular weight excluding hydrogens is 338 g/mol. The van der Waals surface area contributed by atoms with Crippen LogP contribution in [0.15, 0.2) is 4.47 Å². The Balaban J connectivity index is 2.03. The number of ether oxygens (including phenoxy) is 1. The molecule has 1 aromatic rings. The van der Waals surface area contributed by atoms with Crippen molar-refractivity contribution >= 4 is 22.0 Å². The van der Waals surface area contributed by atoms with E-state index < -0.39 is 6.09 Å². The molecule has 0 aromatic carbocycles. The summed E-state index contributed by atoms with van der Waals surface area (Å²) in [6.45, 7) is 2.24. The van der Waals surface area contributed by atoms with Gasteiger partial charge in [0.05, 0.1) is 11.0 Å². The molecular formula is C14H16BrN3O3. The molecule has 3 heterocycles. The maximum absolute atomic E-state index is 11.2. The lowest BCUT2D eigenvalue weighted by atomic mass is 10.1. The predicted molar refractivity (Wildman–Crippen MR) is 78.1 cm³/mol. The largest absolute Gasteiger partial charge is 0.465 e. The Labute approximate surface area is 131 Å². The molecule has 0 atom stereocenters. The molecule has 0 unspecified atom stereocenters. The Morgan fingerprint density at radius 3 is 2.76 bits per heavy atom. The van der Waals surface area contributed by atoms with Gasteiger partial charge in [-0.3, -0.25) is 0 Å². The van der Waals surface area contributed by atoms with Crippen LogP contribution in [0.3, 0.4) is 0 Å². The molecule has 0 aliphatic carbocycles. The number of fused-ring (bicyclic) bond motifs is 1. The van der Waals surface area contributed by atoms with Gasteiger partial charge in [0.15, 0.2) is 0 Å². The highest BCUT2D eigenvalue weighted by Gasteiger charge is 2.31. The number of hydrogen-bond donors (Lipinski definition) is 1. The summed E-state index contributed by atoms with van der Waals surface area (Å²) in [6.07, 6.45) is 1.53. The van der Waals surface area contributed by atoms with Crippen molar-refractivity contribution in [2.75, 3.05) is 19.8 Å². The first-order valence-corrected chi connectivity index (χ1v) is 7.80. The lowest BCUT2D eigenvalue weighted by Crippen LogP contribution is -2.35. The first-order chi connectivity index (χ1) is 10.1. The molecule has 1 fully saturated rings. The second-order valence-electron chi connectivity index (χ2n) is 5.37. The smallest absolute Gasteiger partial charge is 0.407 e. The summed E-state index contributed by atoms with van der Waals surface area (Å²) in [7, 11) is 0. The summed E-state index contributed by atoms with van der Waals surface area (Å²) in [4.78, 5) is 12.6. The van der Waals surface area contributed by atoms with Crippen LogP contribution >= 0.6 is 15.9 Å². The molecule has 112 valence electrons. The molecule has 0 radical (unpaired) electrons. The van der Waals surface area contributed by atoms with Gasteiger partial charge < -0.3 is 19.3 Å². The van der Waals surface area contributed by atoms with Crippen LogP contribution in [0.25, 0.3) is 0 Å². The van der Waals surface area contributed by atoms with Gasteiger partial charge in [0, 0.05) is 43.5 Å². The highest BCUT2D eigenvalue weighted by Crippen LogP contribution is 2.37. The van der Waals surface area contributed by atoms with E-state index in [2.05, 4.69) is 26.6 Å². The molecule has 1 aromatic heterocycles. The quantitative estimate of drug-likeness (QED) is 0.841. The summed E-state index contributed by atoms with van der Waals surface area (Å²) in [5.41, 5.74) is 2.65. The Morgan fingerprint density at radius 2 is 2.14 bits per heavy atom. The first-order valence-electron chi connectivity index (χ1n) is 7.00. The highest BCUT2D eigenvalue weighted by atomic mass is 79.9. The van der Waals surface area contributed by atoms with Crippen molar-refractivity contribution in [1.82, 2.24) is 9.47 Å². The average Bonchev–Trinajstić information content (AvgIpc) is 2.80. The van der Waals surface area contributed by atoms with E-state index in [0.29, 0.717) is 38.4 Å². The Hall–Kier alpha value is -1.52. The van der Waals surface area contributed by atoms with E-state index in [9.17, 15) is 10.1 Å². The fraction of sp³-hybridized carbons (Fsp3) is 0.571. The van der Waals surface area contributed by atoms with Crippen LogP contribution < -0.4 is 0 Å². The van der Waals surface area contributed by atoms with E-state index in [1.165, 1.54) is 4.90 Å². The van der Waals surface area contributed by atoms with Crippen LogP contribution in [0.4, 0.5) is 4.79 Å². The third-order valence-corrected chi connectivity index (χ3v) is 5.11. The summed E-state index contributed by atoms with van der Waals surface area (Å²) < 4.78 is 8.26.